The van der Waals surface area contributed by atoms with Crippen LogP contribution in [0.5, 0.6) is 0 Å². The Morgan fingerprint density at radius 2 is 1.50 bits per heavy atom. The molecule has 0 saturated carbocycles. The summed E-state index contributed by atoms with van der Waals surface area (Å²) in [6, 6.07) is 25.6. The average molecular weight is 313 g/mol. The summed E-state index contributed by atoms with van der Waals surface area (Å²) in [5.41, 5.74) is 4.89. The highest BCUT2D eigenvalue weighted by Gasteiger charge is 2.17. The number of rotatable bonds is 2. The Kier molecular flexibility index (Phi) is 3.47. The van der Waals surface area contributed by atoms with Crippen LogP contribution in [0.2, 0.25) is 0 Å². The van der Waals surface area contributed by atoms with E-state index in [1.807, 2.05) is 61.5 Å². The van der Waals surface area contributed by atoms with Crippen LogP contribution in [0.15, 0.2) is 83.7 Å². The average Bonchev–Trinajstić information content (AvgIpc) is 2.62. The lowest BCUT2D eigenvalue weighted by atomic mass is 10.0. The molecule has 1 N–H and O–H groups in total. The fourth-order valence-corrected chi connectivity index (χ4v) is 3.09. The first kappa shape index (κ1) is 14.4. The van der Waals surface area contributed by atoms with Gasteiger partial charge < -0.3 is 0 Å². The van der Waals surface area contributed by atoms with E-state index in [2.05, 4.69) is 23.2 Å². The van der Waals surface area contributed by atoms with Crippen molar-refractivity contribution in [3.05, 3.63) is 94.9 Å². The van der Waals surface area contributed by atoms with E-state index in [0.29, 0.717) is 0 Å². The number of fused-ring (bicyclic) bond motifs is 1. The zero-order valence-electron chi connectivity index (χ0n) is 13.4. The zero-order valence-corrected chi connectivity index (χ0v) is 13.4. The van der Waals surface area contributed by atoms with Gasteiger partial charge in [-0.25, -0.2) is 9.78 Å². The molecule has 0 aliphatic carbocycles. The van der Waals surface area contributed by atoms with E-state index < -0.39 is 0 Å². The zero-order chi connectivity index (χ0) is 16.5. The number of nitrogens with zero attached hydrogens (tertiary/aromatic N) is 1. The van der Waals surface area contributed by atoms with Crippen molar-refractivity contribution in [1.29, 1.82) is 0 Å². The predicted octanol–water partition coefficient (Wildman–Crippen LogP) is 3.78. The van der Waals surface area contributed by atoms with Crippen molar-refractivity contribution >= 4 is 11.0 Å². The van der Waals surface area contributed by atoms with Gasteiger partial charge in [0.05, 0.1) is 11.1 Å². The first-order valence-corrected chi connectivity index (χ1v) is 7.93. The Balaban J connectivity index is 2.11. The van der Waals surface area contributed by atoms with Gasteiger partial charge in [-0.15, -0.1) is 0 Å². The second-order valence-corrected chi connectivity index (χ2v) is 5.84. The van der Waals surface area contributed by atoms with Crippen LogP contribution in [0.4, 0.5) is 0 Å². The summed E-state index contributed by atoms with van der Waals surface area (Å²) in [6.07, 6.45) is 0. The Morgan fingerprint density at radius 1 is 0.833 bits per heavy atom. The summed E-state index contributed by atoms with van der Waals surface area (Å²) in [5, 5.41) is 1.02. The maximum absolute atomic E-state index is 12.5. The molecule has 116 valence electrons. The summed E-state index contributed by atoms with van der Waals surface area (Å²) in [4.78, 5) is 15.9. The summed E-state index contributed by atoms with van der Waals surface area (Å²) in [5.74, 6) is 0. The van der Waals surface area contributed by atoms with Crippen molar-refractivity contribution in [1.82, 2.24) is 4.57 Å². The molecule has 4 rings (SSSR count). The van der Waals surface area contributed by atoms with Crippen LogP contribution in [-0.2, 0) is 0 Å². The van der Waals surface area contributed by atoms with E-state index in [0.717, 1.165) is 33.5 Å². The molecule has 0 amide bonds. The number of benzene rings is 2. The molecule has 2 aromatic carbocycles. The number of hydrogen-bond donors (Lipinski definition) is 0. The largest absolute Gasteiger partial charge is 0.339 e. The maximum atomic E-state index is 12.5. The van der Waals surface area contributed by atoms with E-state index in [1.165, 1.54) is 0 Å². The molecule has 24 heavy (non-hydrogen) atoms. The molecule has 0 aliphatic heterocycles. The van der Waals surface area contributed by atoms with Gasteiger partial charge in [0, 0.05) is 11.6 Å². The molecule has 0 spiro atoms. The van der Waals surface area contributed by atoms with E-state index >= 15 is 0 Å². The Bertz CT molecular complexity index is 1070. The van der Waals surface area contributed by atoms with Crippen molar-refractivity contribution in [3.63, 3.8) is 0 Å². The van der Waals surface area contributed by atoms with Gasteiger partial charge in [-0.1, -0.05) is 48.5 Å². The van der Waals surface area contributed by atoms with Gasteiger partial charge >= 0.3 is 5.56 Å². The van der Waals surface area contributed by atoms with Crippen LogP contribution >= 0.6 is 0 Å². The highest BCUT2D eigenvalue weighted by atomic mass is 16.1. The van der Waals surface area contributed by atoms with Crippen molar-refractivity contribution in [2.45, 2.75) is 6.92 Å². The third-order valence-electron chi connectivity index (χ3n) is 4.16. The third kappa shape index (κ3) is 2.40. The van der Waals surface area contributed by atoms with Crippen LogP contribution in [-0.4, -0.2) is 4.57 Å². The van der Waals surface area contributed by atoms with Gasteiger partial charge in [-0.3, -0.25) is 0 Å². The molecule has 2 heterocycles. The number of aromatic amines is 1. The Labute approximate surface area is 139 Å². The molecule has 3 heteroatoms. The smallest absolute Gasteiger partial charge is 0.244 e. The lowest BCUT2D eigenvalue weighted by Gasteiger charge is -2.08. The quantitative estimate of drug-likeness (QED) is 0.555. The normalized spacial score (nSPS) is 10.9. The Morgan fingerprint density at radius 3 is 2.21 bits per heavy atom. The van der Waals surface area contributed by atoms with Gasteiger partial charge in [0.25, 0.3) is 5.65 Å². The molecular formula is C21H17N2O+. The van der Waals surface area contributed by atoms with Gasteiger partial charge in [0.2, 0.25) is 0 Å². The molecule has 0 atom stereocenters. The highest BCUT2D eigenvalue weighted by Crippen LogP contribution is 2.27. The van der Waals surface area contributed by atoms with Crippen molar-refractivity contribution in [2.24, 2.45) is 0 Å². The van der Waals surface area contributed by atoms with Crippen LogP contribution < -0.4 is 10.5 Å². The number of aromatic nitrogens is 2. The minimum atomic E-state index is -0.0467. The molecule has 3 nitrogen and oxygen atoms in total. The van der Waals surface area contributed by atoms with Gasteiger partial charge in [-0.2, -0.15) is 4.57 Å². The molecule has 0 fully saturated rings. The summed E-state index contributed by atoms with van der Waals surface area (Å²) >= 11 is 0. The summed E-state index contributed by atoms with van der Waals surface area (Å²) < 4.78 is 1.73. The molecule has 0 saturated heterocycles. The Hall–Kier alpha value is -3.20. The predicted molar refractivity (Wildman–Crippen MR) is 96.3 cm³/mol. The highest BCUT2D eigenvalue weighted by molar-refractivity contribution is 5.91. The van der Waals surface area contributed by atoms with Crippen molar-refractivity contribution < 1.29 is 4.98 Å². The topological polar surface area (TPSA) is 36.1 Å². The van der Waals surface area contributed by atoms with Crippen LogP contribution in [0.25, 0.3) is 27.8 Å². The maximum Gasteiger partial charge on any atom is 0.339 e. The molecule has 0 radical (unpaired) electrons. The fourth-order valence-electron chi connectivity index (χ4n) is 3.09. The van der Waals surface area contributed by atoms with E-state index in [9.17, 15) is 4.79 Å². The van der Waals surface area contributed by atoms with Crippen LogP contribution in [0.1, 0.15) is 5.69 Å². The third-order valence-corrected chi connectivity index (χ3v) is 4.16. The molecule has 4 aromatic rings. The van der Waals surface area contributed by atoms with Gasteiger partial charge in [0.1, 0.15) is 5.69 Å². The number of H-pyrrole nitrogens is 1. The van der Waals surface area contributed by atoms with Crippen LogP contribution in [0.3, 0.4) is 0 Å². The summed E-state index contributed by atoms with van der Waals surface area (Å²) in [7, 11) is 0. The number of hydrogen-bond acceptors (Lipinski definition) is 1. The monoisotopic (exact) mass is 313 g/mol. The SMILES string of the molecule is Cc1cc(-c2ccccc2)c2ccc(=O)n(-c3ccccc3)c2[nH+]1. The standard InChI is InChI=1S/C21H16N2O/c1-15-14-19(16-8-4-2-5-9-16)18-12-13-20(24)23(21(18)22-15)17-10-6-3-7-11-17/h2-14H,1H3/p+1. The minimum Gasteiger partial charge on any atom is -0.244 e. The lowest BCUT2D eigenvalue weighted by molar-refractivity contribution is -0.358. The van der Waals surface area contributed by atoms with E-state index in [1.54, 1.807) is 10.6 Å². The number of aryl methyl sites for hydroxylation is 1. The molecule has 0 bridgehead atoms. The van der Waals surface area contributed by atoms with Crippen LogP contribution in [0, 0.1) is 6.92 Å². The molecule has 0 aliphatic rings. The first-order chi connectivity index (χ1) is 11.7. The summed E-state index contributed by atoms with van der Waals surface area (Å²) in [6.45, 7) is 2.01. The van der Waals surface area contributed by atoms with E-state index in [4.69, 9.17) is 0 Å². The number of para-hydroxylation sites is 1. The molecule has 0 unspecified atom stereocenters. The lowest BCUT2D eigenvalue weighted by Crippen LogP contribution is -2.24. The first-order valence-electron chi connectivity index (χ1n) is 7.93. The molecule has 2 aromatic heterocycles. The molecular weight excluding hydrogens is 296 g/mol. The van der Waals surface area contributed by atoms with Crippen molar-refractivity contribution in [2.75, 3.05) is 0 Å². The second-order valence-electron chi connectivity index (χ2n) is 5.84. The minimum absolute atomic E-state index is 0.0467. The van der Waals surface area contributed by atoms with E-state index in [-0.39, 0.29) is 5.56 Å². The second kappa shape index (κ2) is 5.78. The fraction of sp³-hybridized carbons (Fsp3) is 0.0476. The number of pyridine rings is 2. The van der Waals surface area contributed by atoms with Gasteiger partial charge in [-0.05, 0) is 36.8 Å². The number of nitrogens with one attached hydrogen (secondary N) is 1. The van der Waals surface area contributed by atoms with Crippen molar-refractivity contribution in [3.8, 4) is 16.8 Å². The van der Waals surface area contributed by atoms with Gasteiger partial charge in [0.15, 0.2) is 0 Å².